The lowest BCUT2D eigenvalue weighted by Gasteiger charge is -2.09. The Labute approximate surface area is 127 Å². The summed E-state index contributed by atoms with van der Waals surface area (Å²) >= 11 is 0. The maximum absolute atomic E-state index is 12.3. The third kappa shape index (κ3) is 2.26. The van der Waals surface area contributed by atoms with Crippen molar-refractivity contribution in [3.05, 3.63) is 52.5 Å². The number of aromatic carboxylic acids is 2. The zero-order valence-electron chi connectivity index (χ0n) is 11.6. The summed E-state index contributed by atoms with van der Waals surface area (Å²) in [6.07, 6.45) is 2.71. The molecule has 0 saturated carbocycles. The molecule has 3 aromatic rings. The molecule has 8 nitrogen and oxygen atoms in total. The molecule has 3 rings (SSSR count). The van der Waals surface area contributed by atoms with Gasteiger partial charge < -0.3 is 19.2 Å². The Morgan fingerprint density at radius 2 is 2.04 bits per heavy atom. The van der Waals surface area contributed by atoms with Gasteiger partial charge in [0.2, 0.25) is 11.2 Å². The van der Waals surface area contributed by atoms with E-state index in [0.29, 0.717) is 0 Å². The normalized spacial score (nSPS) is 11.0. The van der Waals surface area contributed by atoms with Gasteiger partial charge in [-0.25, -0.2) is 14.6 Å². The van der Waals surface area contributed by atoms with Gasteiger partial charge in [-0.2, -0.15) is 0 Å². The smallest absolute Gasteiger partial charge is 0.371 e. The van der Waals surface area contributed by atoms with E-state index < -0.39 is 22.9 Å². The molecular weight excluding hydrogens is 304 g/mol. The number of furan rings is 1. The predicted octanol–water partition coefficient (Wildman–Crippen LogP) is 1.73. The van der Waals surface area contributed by atoms with E-state index in [0.717, 1.165) is 0 Å². The number of hydrogen-bond donors (Lipinski definition) is 2. The summed E-state index contributed by atoms with van der Waals surface area (Å²) in [6.45, 7) is 3.81. The Kier molecular flexibility index (Phi) is 3.21. The molecule has 0 spiro atoms. The summed E-state index contributed by atoms with van der Waals surface area (Å²) in [4.78, 5) is 38.7. The lowest BCUT2D eigenvalue weighted by Crippen LogP contribution is -2.19. The Bertz CT molecular complexity index is 1040. The first-order chi connectivity index (χ1) is 10.9. The van der Waals surface area contributed by atoms with E-state index in [-0.39, 0.29) is 34.4 Å². The van der Waals surface area contributed by atoms with Gasteiger partial charge in [0, 0.05) is 18.8 Å². The number of carboxylic acids is 2. The molecule has 8 heteroatoms. The van der Waals surface area contributed by atoms with Crippen LogP contribution in [0, 0.1) is 0 Å². The number of hydrogen-bond acceptors (Lipinski definition) is 5. The van der Waals surface area contributed by atoms with Gasteiger partial charge in [-0.1, -0.05) is 6.08 Å². The van der Waals surface area contributed by atoms with Crippen LogP contribution in [0.5, 0.6) is 0 Å². The van der Waals surface area contributed by atoms with Crippen molar-refractivity contribution in [1.29, 1.82) is 0 Å². The maximum Gasteiger partial charge on any atom is 0.371 e. The molecule has 23 heavy (non-hydrogen) atoms. The number of pyridine rings is 2. The van der Waals surface area contributed by atoms with Crippen molar-refractivity contribution in [2.75, 3.05) is 0 Å². The molecule has 3 heterocycles. The molecule has 0 aliphatic heterocycles. The van der Waals surface area contributed by atoms with Crippen LogP contribution in [0.1, 0.15) is 20.9 Å². The van der Waals surface area contributed by atoms with Crippen LogP contribution in [0.25, 0.3) is 22.1 Å². The second kappa shape index (κ2) is 5.09. The van der Waals surface area contributed by atoms with Crippen molar-refractivity contribution >= 4 is 34.1 Å². The minimum Gasteiger partial charge on any atom is -0.477 e. The topological polar surface area (TPSA) is 123 Å². The van der Waals surface area contributed by atoms with Crippen LogP contribution in [0.4, 0.5) is 0 Å². The van der Waals surface area contributed by atoms with E-state index in [4.69, 9.17) is 14.6 Å². The first-order valence-electron chi connectivity index (χ1n) is 6.47. The Hall–Kier alpha value is -3.42. The number of fused-ring (bicyclic) bond motifs is 2. The van der Waals surface area contributed by atoms with Crippen LogP contribution >= 0.6 is 0 Å². The molecule has 0 saturated heterocycles. The zero-order chi connectivity index (χ0) is 16.7. The molecule has 0 aliphatic rings. The van der Waals surface area contributed by atoms with Crippen LogP contribution in [-0.4, -0.2) is 31.7 Å². The van der Waals surface area contributed by atoms with Crippen molar-refractivity contribution in [3.8, 4) is 0 Å². The van der Waals surface area contributed by atoms with E-state index in [1.807, 2.05) is 0 Å². The summed E-state index contributed by atoms with van der Waals surface area (Å²) < 4.78 is 6.57. The van der Waals surface area contributed by atoms with Crippen LogP contribution in [0.2, 0.25) is 0 Å². The lowest BCUT2D eigenvalue weighted by molar-refractivity contribution is 0.0662. The van der Waals surface area contributed by atoms with Crippen molar-refractivity contribution < 1.29 is 24.2 Å². The fourth-order valence-electron chi connectivity index (χ4n) is 2.30. The number of nitrogens with zero attached hydrogens (tertiary/aromatic N) is 2. The standard InChI is InChI=1S/C15H10N2O6/c1-2-3-17-6-8(14(19)20)12(18)7-4-10-9(16-13(7)17)5-11(23-10)15(21)22/h2,4-6H,1,3H2,(H,19,20)(H,21,22). The molecule has 0 radical (unpaired) electrons. The van der Waals surface area contributed by atoms with Crippen molar-refractivity contribution in [1.82, 2.24) is 9.55 Å². The molecule has 0 aromatic carbocycles. The van der Waals surface area contributed by atoms with Crippen LogP contribution in [0.15, 0.2) is 40.2 Å². The Morgan fingerprint density at radius 1 is 1.30 bits per heavy atom. The number of rotatable bonds is 4. The molecule has 0 aliphatic carbocycles. The Balaban J connectivity index is 2.45. The van der Waals surface area contributed by atoms with Crippen molar-refractivity contribution in [2.24, 2.45) is 0 Å². The van der Waals surface area contributed by atoms with Gasteiger partial charge in [-0.05, 0) is 6.07 Å². The largest absolute Gasteiger partial charge is 0.477 e. The average Bonchev–Trinajstić information content (AvgIpc) is 2.91. The first-order valence-corrected chi connectivity index (χ1v) is 6.47. The third-order valence-corrected chi connectivity index (χ3v) is 3.30. The van der Waals surface area contributed by atoms with Crippen molar-refractivity contribution in [3.63, 3.8) is 0 Å². The monoisotopic (exact) mass is 314 g/mol. The summed E-state index contributed by atoms with van der Waals surface area (Å²) in [5.41, 5.74) is -0.541. The molecule has 0 fully saturated rings. The number of aromatic nitrogens is 2. The molecule has 2 N–H and O–H groups in total. The highest BCUT2D eigenvalue weighted by molar-refractivity contribution is 5.96. The maximum atomic E-state index is 12.3. The lowest BCUT2D eigenvalue weighted by atomic mass is 10.2. The van der Waals surface area contributed by atoms with Crippen molar-refractivity contribution in [2.45, 2.75) is 6.54 Å². The van der Waals surface area contributed by atoms with E-state index >= 15 is 0 Å². The number of allylic oxidation sites excluding steroid dienone is 1. The van der Waals surface area contributed by atoms with Gasteiger partial charge in [-0.3, -0.25) is 4.79 Å². The second-order valence-corrected chi connectivity index (χ2v) is 4.78. The van der Waals surface area contributed by atoms with Crippen LogP contribution < -0.4 is 5.43 Å². The SMILES string of the molecule is C=CCn1cc(C(=O)O)c(=O)c2cc3oc(C(=O)O)cc3nc21. The van der Waals surface area contributed by atoms with Gasteiger partial charge in [0.15, 0.2) is 5.58 Å². The quantitative estimate of drug-likeness (QED) is 0.703. The third-order valence-electron chi connectivity index (χ3n) is 3.30. The first kappa shape index (κ1) is 14.5. The average molecular weight is 314 g/mol. The van der Waals surface area contributed by atoms with E-state index in [1.165, 1.54) is 29.0 Å². The van der Waals surface area contributed by atoms with Gasteiger partial charge in [0.25, 0.3) is 0 Å². The molecule has 0 amide bonds. The highest BCUT2D eigenvalue weighted by atomic mass is 16.4. The highest BCUT2D eigenvalue weighted by Crippen LogP contribution is 2.22. The minimum atomic E-state index is -1.36. The van der Waals surface area contributed by atoms with E-state index in [9.17, 15) is 14.4 Å². The summed E-state index contributed by atoms with van der Waals surface area (Å²) in [5, 5.41) is 18.1. The molecule has 3 aromatic heterocycles. The van der Waals surface area contributed by atoms with Gasteiger partial charge in [0.1, 0.15) is 16.7 Å². The van der Waals surface area contributed by atoms with E-state index in [1.54, 1.807) is 0 Å². The highest BCUT2D eigenvalue weighted by Gasteiger charge is 2.18. The van der Waals surface area contributed by atoms with Crippen LogP contribution in [0.3, 0.4) is 0 Å². The zero-order valence-corrected chi connectivity index (χ0v) is 11.6. The predicted molar refractivity (Wildman–Crippen MR) is 79.9 cm³/mol. The van der Waals surface area contributed by atoms with Gasteiger partial charge >= 0.3 is 11.9 Å². The summed E-state index contributed by atoms with van der Waals surface area (Å²) in [6, 6.07) is 2.55. The van der Waals surface area contributed by atoms with Gasteiger partial charge in [-0.15, -0.1) is 6.58 Å². The fraction of sp³-hybridized carbons (Fsp3) is 0.0667. The molecule has 0 unspecified atom stereocenters. The molecule has 116 valence electrons. The minimum absolute atomic E-state index is 0.0329. The second-order valence-electron chi connectivity index (χ2n) is 4.78. The van der Waals surface area contributed by atoms with Crippen LogP contribution in [-0.2, 0) is 6.54 Å². The summed E-state index contributed by atoms with van der Waals surface area (Å²) in [5.74, 6) is -2.94. The molecular formula is C15H10N2O6. The molecule has 0 bridgehead atoms. The van der Waals surface area contributed by atoms with E-state index in [2.05, 4.69) is 11.6 Å². The van der Waals surface area contributed by atoms with Gasteiger partial charge in [0.05, 0.1) is 5.39 Å². The fourth-order valence-corrected chi connectivity index (χ4v) is 2.30. The summed E-state index contributed by atoms with van der Waals surface area (Å²) in [7, 11) is 0. The number of carbonyl (C=O) groups is 2. The molecule has 0 atom stereocenters. The Morgan fingerprint density at radius 3 is 2.65 bits per heavy atom. The number of carboxylic acid groups (broad SMARTS) is 2.